The molecular weight excluding hydrogens is 557 g/mol. The van der Waals surface area contributed by atoms with Crippen molar-refractivity contribution in [3.05, 3.63) is 94.9 Å². The van der Waals surface area contributed by atoms with Crippen molar-refractivity contribution < 1.29 is 9.59 Å². The Morgan fingerprint density at radius 2 is 1.70 bits per heavy atom. The number of ketones is 1. The van der Waals surface area contributed by atoms with Crippen LogP contribution in [-0.4, -0.2) is 22.1 Å². The van der Waals surface area contributed by atoms with E-state index in [0.717, 1.165) is 33.0 Å². The number of carbonyl (C=O) groups is 2. The number of nitrogens with one attached hydrogen (secondary N) is 3. The van der Waals surface area contributed by atoms with Gasteiger partial charge in [-0.25, -0.2) is 0 Å². The summed E-state index contributed by atoms with van der Waals surface area (Å²) in [7, 11) is 0. The highest BCUT2D eigenvalue weighted by Crippen LogP contribution is 2.36. The molecule has 0 aliphatic rings. The molecule has 6 nitrogen and oxygen atoms in total. The lowest BCUT2D eigenvalue weighted by Crippen LogP contribution is -2.24. The van der Waals surface area contributed by atoms with Gasteiger partial charge in [0.25, 0.3) is 0 Å². The largest absolute Gasteiger partial charge is 0.332 e. The van der Waals surface area contributed by atoms with Gasteiger partial charge >= 0.3 is 0 Å². The second-order valence-corrected chi connectivity index (χ2v) is 11.6. The van der Waals surface area contributed by atoms with Gasteiger partial charge in [-0.2, -0.15) is 5.26 Å². The van der Waals surface area contributed by atoms with Crippen molar-refractivity contribution in [2.75, 3.05) is 16.0 Å². The molecule has 0 fully saturated rings. The molecular formula is C31H28N4O2S3. The number of hydrogen-bond donors (Lipinski definition) is 3. The van der Waals surface area contributed by atoms with E-state index in [-0.39, 0.29) is 16.9 Å². The molecule has 0 aliphatic heterocycles. The Morgan fingerprint density at radius 3 is 2.35 bits per heavy atom. The second kappa shape index (κ2) is 13.4. The molecule has 9 heteroatoms. The highest BCUT2D eigenvalue weighted by Gasteiger charge is 2.22. The first-order valence-corrected chi connectivity index (χ1v) is 14.8. The fourth-order valence-corrected chi connectivity index (χ4v) is 6.09. The number of amides is 1. The van der Waals surface area contributed by atoms with Gasteiger partial charge in [-0.05, 0) is 80.5 Å². The predicted octanol–water partition coefficient (Wildman–Crippen LogP) is 8.12. The summed E-state index contributed by atoms with van der Waals surface area (Å²) in [6, 6.07) is 25.1. The van der Waals surface area contributed by atoms with Crippen molar-refractivity contribution in [1.82, 2.24) is 0 Å². The summed E-state index contributed by atoms with van der Waals surface area (Å²) in [5.41, 5.74) is 5.58. The predicted molar refractivity (Wildman–Crippen MR) is 171 cm³/mol. The van der Waals surface area contributed by atoms with E-state index in [2.05, 4.69) is 22.0 Å². The lowest BCUT2D eigenvalue weighted by molar-refractivity contribution is -0.115. The Balaban J connectivity index is 1.40. The van der Waals surface area contributed by atoms with Gasteiger partial charge < -0.3 is 16.0 Å². The van der Waals surface area contributed by atoms with Crippen molar-refractivity contribution >= 4 is 68.5 Å². The molecule has 4 rings (SSSR count). The van der Waals surface area contributed by atoms with Gasteiger partial charge in [0.1, 0.15) is 11.1 Å². The van der Waals surface area contributed by atoms with E-state index in [1.165, 1.54) is 30.0 Å². The number of carbonyl (C=O) groups excluding carboxylic acids is 2. The maximum atomic E-state index is 13.2. The van der Waals surface area contributed by atoms with Crippen LogP contribution in [-0.2, 0) is 4.79 Å². The van der Waals surface area contributed by atoms with E-state index < -0.39 is 0 Å². The molecule has 40 heavy (non-hydrogen) atoms. The lowest BCUT2D eigenvalue weighted by atomic mass is 10.0. The number of anilines is 3. The molecule has 0 spiro atoms. The zero-order valence-corrected chi connectivity index (χ0v) is 24.7. The quantitative estimate of drug-likeness (QED) is 0.104. The van der Waals surface area contributed by atoms with Crippen molar-refractivity contribution in [3.8, 4) is 17.2 Å². The molecule has 0 aliphatic carbocycles. The Morgan fingerprint density at radius 1 is 1.00 bits per heavy atom. The highest BCUT2D eigenvalue weighted by atomic mass is 32.2. The zero-order chi connectivity index (χ0) is 28.6. The van der Waals surface area contributed by atoms with E-state index in [9.17, 15) is 14.9 Å². The summed E-state index contributed by atoms with van der Waals surface area (Å²) < 4.78 is 0. The molecule has 202 valence electrons. The van der Waals surface area contributed by atoms with Crippen LogP contribution in [0.3, 0.4) is 0 Å². The lowest BCUT2D eigenvalue weighted by Gasteiger charge is -2.16. The summed E-state index contributed by atoms with van der Waals surface area (Å²) in [5, 5.41) is 21.6. The van der Waals surface area contributed by atoms with Crippen LogP contribution in [0, 0.1) is 18.3 Å². The standard InChI is InChI=1S/C31H28N4O2S3/c1-4-28(29(37)35-30-26(17-32)27(18-39-30)22-10-8-19(2)9-11-22)40-25-7-5-6-24(16-25)34-31(38)33-23-14-12-21(13-15-23)20(3)36/h5-16,18,28H,4H2,1-3H3,(H,35,37)(H2,33,34,38). The van der Waals surface area contributed by atoms with Crippen LogP contribution >= 0.6 is 35.3 Å². The summed E-state index contributed by atoms with van der Waals surface area (Å²) in [5.74, 6) is -0.139. The molecule has 1 atom stereocenters. The number of rotatable bonds is 9. The second-order valence-electron chi connectivity index (χ2n) is 9.08. The van der Waals surface area contributed by atoms with E-state index in [0.29, 0.717) is 27.7 Å². The third-order valence-electron chi connectivity index (χ3n) is 6.08. The summed E-state index contributed by atoms with van der Waals surface area (Å²) in [6.45, 7) is 5.51. The molecule has 0 radical (unpaired) electrons. The molecule has 3 N–H and O–H groups in total. The number of nitriles is 1. The zero-order valence-electron chi connectivity index (χ0n) is 22.3. The molecule has 0 bridgehead atoms. The smallest absolute Gasteiger partial charge is 0.238 e. The molecule has 4 aromatic rings. The maximum absolute atomic E-state index is 13.2. The van der Waals surface area contributed by atoms with Crippen molar-refractivity contribution in [1.29, 1.82) is 5.26 Å². The first-order valence-electron chi connectivity index (χ1n) is 12.6. The van der Waals surface area contributed by atoms with Crippen LogP contribution < -0.4 is 16.0 Å². The van der Waals surface area contributed by atoms with E-state index in [4.69, 9.17) is 12.2 Å². The van der Waals surface area contributed by atoms with Gasteiger partial charge in [0.15, 0.2) is 10.9 Å². The monoisotopic (exact) mass is 584 g/mol. The topological polar surface area (TPSA) is 94.0 Å². The Kier molecular flexibility index (Phi) is 9.72. The molecule has 0 saturated heterocycles. The average Bonchev–Trinajstić information content (AvgIpc) is 3.34. The summed E-state index contributed by atoms with van der Waals surface area (Å²) in [6.07, 6.45) is 0.614. The normalized spacial score (nSPS) is 11.2. The number of hydrogen-bond acceptors (Lipinski definition) is 6. The third-order valence-corrected chi connectivity index (χ3v) is 8.54. The molecule has 0 saturated carbocycles. The minimum absolute atomic E-state index is 0.00789. The van der Waals surface area contributed by atoms with Crippen molar-refractivity contribution in [2.45, 2.75) is 37.3 Å². The van der Waals surface area contributed by atoms with E-state index in [1.54, 1.807) is 24.3 Å². The summed E-state index contributed by atoms with van der Waals surface area (Å²) in [4.78, 5) is 25.6. The SMILES string of the molecule is CCC(Sc1cccc(NC(=S)Nc2ccc(C(C)=O)cc2)c1)C(=O)Nc1scc(-c2ccc(C)cc2)c1C#N. The van der Waals surface area contributed by atoms with Crippen molar-refractivity contribution in [3.63, 3.8) is 0 Å². The number of thiocarbonyl (C=S) groups is 1. The van der Waals surface area contributed by atoms with Crippen LogP contribution in [0.25, 0.3) is 11.1 Å². The Hall–Kier alpha value is -3.97. The number of benzene rings is 3. The first kappa shape index (κ1) is 29.0. The number of thioether (sulfide) groups is 1. The van der Waals surface area contributed by atoms with Gasteiger partial charge in [-0.3, -0.25) is 9.59 Å². The molecule has 1 aromatic heterocycles. The van der Waals surface area contributed by atoms with Gasteiger partial charge in [-0.15, -0.1) is 23.1 Å². The molecule has 1 amide bonds. The maximum Gasteiger partial charge on any atom is 0.238 e. The fraction of sp³-hybridized carbons (Fsp3) is 0.161. The van der Waals surface area contributed by atoms with Crippen LogP contribution in [0.15, 0.2) is 83.1 Å². The highest BCUT2D eigenvalue weighted by molar-refractivity contribution is 8.00. The number of nitrogens with zero attached hydrogens (tertiary/aromatic N) is 1. The Bertz CT molecular complexity index is 1570. The van der Waals surface area contributed by atoms with Crippen molar-refractivity contribution in [2.24, 2.45) is 0 Å². The van der Waals surface area contributed by atoms with Gasteiger partial charge in [0.05, 0.1) is 10.8 Å². The Labute approximate surface area is 247 Å². The van der Waals surface area contributed by atoms with Gasteiger partial charge in [0.2, 0.25) is 5.91 Å². The van der Waals surface area contributed by atoms with Crippen LogP contribution in [0.1, 0.15) is 41.8 Å². The minimum Gasteiger partial charge on any atom is -0.332 e. The minimum atomic E-state index is -0.350. The number of thiophene rings is 1. The number of Topliss-reactive ketones (excluding diaryl/α,β-unsaturated/α-hetero) is 1. The van der Waals surface area contributed by atoms with Crippen LogP contribution in [0.4, 0.5) is 16.4 Å². The molecule has 1 heterocycles. The van der Waals surface area contributed by atoms with E-state index >= 15 is 0 Å². The van der Waals surface area contributed by atoms with Gasteiger partial charge in [0, 0.05) is 32.8 Å². The molecule has 1 unspecified atom stereocenters. The number of aryl methyl sites for hydroxylation is 1. The fourth-order valence-electron chi connectivity index (χ4n) is 3.91. The van der Waals surface area contributed by atoms with Crippen LogP contribution in [0.5, 0.6) is 0 Å². The van der Waals surface area contributed by atoms with Gasteiger partial charge in [-0.1, -0.05) is 42.8 Å². The first-order chi connectivity index (χ1) is 19.3. The van der Waals surface area contributed by atoms with E-state index in [1.807, 2.05) is 67.8 Å². The average molecular weight is 585 g/mol. The third kappa shape index (κ3) is 7.36. The molecule has 3 aromatic carbocycles. The van der Waals surface area contributed by atoms with Crippen LogP contribution in [0.2, 0.25) is 0 Å². The summed E-state index contributed by atoms with van der Waals surface area (Å²) >= 11 is 8.27.